The van der Waals surface area contributed by atoms with Crippen LogP contribution in [-0.2, 0) is 31.1 Å². The predicted octanol–water partition coefficient (Wildman–Crippen LogP) is 31.0. The molecule has 1 unspecified atom stereocenters. The molecule has 0 N–H and O–H groups in total. The van der Waals surface area contributed by atoms with Gasteiger partial charge in [0.25, 0.3) is 0 Å². The Hall–Kier alpha value is -9.96. The Labute approximate surface area is 667 Å². The van der Waals surface area contributed by atoms with Gasteiger partial charge in [-0.25, -0.2) is 0 Å². The van der Waals surface area contributed by atoms with Crippen LogP contribution >= 0.6 is 0 Å². The normalized spacial score (nSPS) is 11.0. The van der Waals surface area contributed by atoms with Crippen LogP contribution in [0.2, 0.25) is 0 Å². The fraction of sp³-hybridized carbons (Fsp3) is 0.327. The van der Waals surface area contributed by atoms with Crippen LogP contribution in [0, 0.1) is 115 Å². The van der Waals surface area contributed by atoms with Gasteiger partial charge in [0.15, 0.2) is 0 Å². The van der Waals surface area contributed by atoms with E-state index in [0.717, 1.165) is 66.1 Å². The highest BCUT2D eigenvalue weighted by atomic mass is 16.5. The van der Waals surface area contributed by atoms with Crippen LogP contribution in [0.1, 0.15) is 216 Å². The second-order valence-corrected chi connectivity index (χ2v) is 32.0. The number of benzene rings is 12. The fourth-order valence-electron chi connectivity index (χ4n) is 13.1. The molecule has 578 valence electrons. The molecular formula is C107H132O3. The van der Waals surface area contributed by atoms with Gasteiger partial charge >= 0.3 is 0 Å². The number of ether oxygens (including phenoxy) is 3. The number of hydrogen-bond acceptors (Lipinski definition) is 3. The third-order valence-electron chi connectivity index (χ3n) is 20.9. The first kappa shape index (κ1) is 88.9. The average molecular weight is 1470 g/mol. The summed E-state index contributed by atoms with van der Waals surface area (Å²) >= 11 is 0. The van der Waals surface area contributed by atoms with Crippen molar-refractivity contribution in [1.82, 2.24) is 0 Å². The van der Waals surface area contributed by atoms with Gasteiger partial charge in [-0.2, -0.15) is 0 Å². The summed E-state index contributed by atoms with van der Waals surface area (Å²) in [7, 11) is 0. The maximum absolute atomic E-state index is 5.97. The van der Waals surface area contributed by atoms with Crippen molar-refractivity contribution in [2.75, 3.05) is 0 Å². The Morgan fingerprint density at radius 2 is 0.573 bits per heavy atom. The second kappa shape index (κ2) is 44.6. The monoisotopic (exact) mass is 1470 g/mol. The van der Waals surface area contributed by atoms with Gasteiger partial charge in [-0.3, -0.25) is 0 Å². The lowest BCUT2D eigenvalue weighted by Crippen LogP contribution is -2.18. The van der Waals surface area contributed by atoms with Gasteiger partial charge in [-0.05, 0) is 298 Å². The van der Waals surface area contributed by atoms with Crippen LogP contribution in [-0.4, -0.2) is 0 Å². The minimum Gasteiger partial charge on any atom is -0.457 e. The van der Waals surface area contributed by atoms with Crippen molar-refractivity contribution in [1.29, 1.82) is 0 Å². The second-order valence-electron chi connectivity index (χ2n) is 32.0. The summed E-state index contributed by atoms with van der Waals surface area (Å²) in [4.78, 5) is 0. The smallest absolute Gasteiger partial charge is 0.127 e. The van der Waals surface area contributed by atoms with Crippen molar-refractivity contribution in [3.05, 3.63) is 389 Å². The summed E-state index contributed by atoms with van der Waals surface area (Å²) in [5.41, 5.74) is 31.6. The highest BCUT2D eigenvalue weighted by Gasteiger charge is 2.24. The lowest BCUT2D eigenvalue weighted by Gasteiger charge is -2.26. The van der Waals surface area contributed by atoms with Gasteiger partial charge in [0.2, 0.25) is 0 Å². The molecule has 0 bridgehead atoms. The Bertz CT molecular complexity index is 4300. The first-order valence-electron chi connectivity index (χ1n) is 40.2. The van der Waals surface area contributed by atoms with Crippen LogP contribution in [0.4, 0.5) is 0 Å². The largest absolute Gasteiger partial charge is 0.457 e. The van der Waals surface area contributed by atoms with Gasteiger partial charge in [-0.15, -0.1) is 0 Å². The molecule has 0 aliphatic rings. The lowest BCUT2D eigenvalue weighted by atomic mass is 9.78. The van der Waals surface area contributed by atoms with Crippen molar-refractivity contribution in [3.63, 3.8) is 0 Å². The molecule has 12 aromatic rings. The predicted molar refractivity (Wildman–Crippen MR) is 478 cm³/mol. The molecule has 3 heteroatoms. The molecule has 0 spiro atoms. The molecule has 0 radical (unpaired) electrons. The van der Waals surface area contributed by atoms with Crippen molar-refractivity contribution in [2.24, 2.45) is 11.3 Å². The van der Waals surface area contributed by atoms with Crippen LogP contribution in [0.25, 0.3) is 0 Å². The van der Waals surface area contributed by atoms with Gasteiger partial charge < -0.3 is 14.2 Å². The number of rotatable bonds is 19. The molecular weight excluding hydrogens is 1330 g/mol. The molecule has 12 rings (SSSR count). The summed E-state index contributed by atoms with van der Waals surface area (Å²) in [6.45, 7) is 52.7. The van der Waals surface area contributed by atoms with E-state index < -0.39 is 0 Å². The minimum atomic E-state index is -0.134. The number of aryl methyl sites for hydroxylation is 15. The van der Waals surface area contributed by atoms with E-state index in [9.17, 15) is 0 Å². The molecule has 1 atom stereocenters. The molecule has 110 heavy (non-hydrogen) atoms. The van der Waals surface area contributed by atoms with Gasteiger partial charge in [0.1, 0.15) is 34.5 Å². The Balaban J connectivity index is 0.000000211. The molecule has 0 amide bonds. The van der Waals surface area contributed by atoms with Gasteiger partial charge in [0, 0.05) is 5.41 Å². The third-order valence-corrected chi connectivity index (χ3v) is 20.9. The topological polar surface area (TPSA) is 27.7 Å². The molecule has 0 aliphatic heterocycles. The fourth-order valence-corrected chi connectivity index (χ4v) is 13.1. The van der Waals surface area contributed by atoms with Crippen molar-refractivity contribution < 1.29 is 14.2 Å². The van der Waals surface area contributed by atoms with Crippen molar-refractivity contribution in [2.45, 2.75) is 223 Å². The first-order chi connectivity index (χ1) is 52.3. The zero-order chi connectivity index (χ0) is 80.5. The summed E-state index contributed by atoms with van der Waals surface area (Å²) in [5, 5.41) is 0. The summed E-state index contributed by atoms with van der Waals surface area (Å²) in [5.74, 6) is 6.04. The van der Waals surface area contributed by atoms with Crippen LogP contribution in [0.3, 0.4) is 0 Å². The minimum absolute atomic E-state index is 0.134. The molecule has 0 heterocycles. The van der Waals surface area contributed by atoms with E-state index in [1.54, 1.807) is 0 Å². The Morgan fingerprint density at radius 1 is 0.282 bits per heavy atom. The molecule has 0 aromatic heterocycles. The van der Waals surface area contributed by atoms with E-state index in [1.807, 2.05) is 97.1 Å². The van der Waals surface area contributed by atoms with Crippen molar-refractivity contribution in [3.8, 4) is 34.5 Å². The summed E-state index contributed by atoms with van der Waals surface area (Å²) in [6.07, 6.45) is 9.73. The highest BCUT2D eigenvalue weighted by molar-refractivity contribution is 5.46. The Morgan fingerprint density at radius 3 is 0.845 bits per heavy atom. The maximum Gasteiger partial charge on any atom is 0.127 e. The van der Waals surface area contributed by atoms with E-state index in [4.69, 9.17) is 14.2 Å². The van der Waals surface area contributed by atoms with E-state index in [0.29, 0.717) is 5.41 Å². The van der Waals surface area contributed by atoms with E-state index >= 15 is 0 Å². The highest BCUT2D eigenvalue weighted by Crippen LogP contribution is 2.36. The molecule has 0 aliphatic carbocycles. The molecule has 12 aromatic carbocycles. The molecule has 3 nitrogen and oxygen atoms in total. The first-order valence-corrected chi connectivity index (χ1v) is 40.2. The van der Waals surface area contributed by atoms with Gasteiger partial charge in [-0.1, -0.05) is 320 Å². The van der Waals surface area contributed by atoms with Gasteiger partial charge in [0.05, 0.1) is 0 Å². The molecule has 0 fully saturated rings. The van der Waals surface area contributed by atoms with E-state index in [2.05, 4.69) is 330 Å². The van der Waals surface area contributed by atoms with E-state index in [1.165, 1.54) is 154 Å². The van der Waals surface area contributed by atoms with Crippen LogP contribution in [0.15, 0.2) is 261 Å². The van der Waals surface area contributed by atoms with E-state index in [-0.39, 0.29) is 5.41 Å². The molecule has 0 saturated carbocycles. The average Bonchev–Trinajstić information content (AvgIpc) is 0.810. The SMILES string of the molecule is CCCC(C)CC(C)(C)CC.CCc1cc(Cc2cc(C)c(C)c(CC)c2)cc(C)c1C.Cc1ccc(C)c(C)c1.Cc1ccc(Cc2ccc(C)cc2)cc1.Cc1ccc(Oc2ccc(C(C)(C)c3ccc(Oc4ccc(C)cc4)cc3)cc2)cc1.Cc1ccc(Oc2ccc(C)cc2)cc1.Cc1cccc(C)c1. The quantitative estimate of drug-likeness (QED) is 0.0808. The summed E-state index contributed by atoms with van der Waals surface area (Å²) in [6, 6.07) is 90.9. The lowest BCUT2D eigenvalue weighted by molar-refractivity contribution is 0.258. The third kappa shape index (κ3) is 31.2. The number of hydrogen-bond donors (Lipinski definition) is 0. The zero-order valence-electron chi connectivity index (χ0n) is 71.8. The molecule has 0 saturated heterocycles. The summed E-state index contributed by atoms with van der Waals surface area (Å²) < 4.78 is 17.6. The van der Waals surface area contributed by atoms with Crippen LogP contribution < -0.4 is 14.2 Å². The van der Waals surface area contributed by atoms with Crippen LogP contribution in [0.5, 0.6) is 34.5 Å². The maximum atomic E-state index is 5.97. The Kier molecular flexibility index (Phi) is 36.1. The standard InChI is InChI=1S/C29H28O2.C21H28.C15H16.C14H14O.C11H24.C9H12.C8H10/c1-21-5-13-25(14-6-21)30-27-17-9-23(10-18-27)29(3,4)24-11-19-28(20-12-24)31-26-15-7-22(2)8-16-26;1-7-20-12-18(9-14(3)16(20)5)11-19-10-15(4)17(6)21(8-2)13-19;1-12-3-7-14(8-4-12)11-15-9-5-13(2)6-10-15;1-11-3-7-13(8-4-11)15-14-9-5-12(2)6-10-14;1-6-8-10(3)9-11(4,5)7-2;1-7-4-5-8(2)9(3)6-7;1-7-4-3-5-8(2)6-7/h5-20H,1-4H3;9-10,12-13H,7-8,11H2,1-6H3;3-10H,11H2,1-2H3;3-10H,1-2H3;10H,6-9H2,1-5H3;4-6H,1-3H3;3-6H,1-2H3. The van der Waals surface area contributed by atoms with Crippen molar-refractivity contribution >= 4 is 0 Å². The zero-order valence-corrected chi connectivity index (χ0v) is 71.8.